The number of fused-ring (bicyclic) bond motifs is 2. The van der Waals surface area contributed by atoms with Gasteiger partial charge in [0.25, 0.3) is 0 Å². The standard InChI is InChI=1S/C34H45N3O7/c1-5-13-22(2)36-19-11-7-10-16-26(39)35(4)23(3)29(24-14-8-6-9-15-24)43-33(42)27-25-17-18-34(44-25)28(27)31(40)37(20-12-21-38)30(34)32(36)41/h6-9,11,14-15,17-18,22-23,25,27-30,38H,5,10,12-13,16,19-21H2,1-4H3/b11-7-/t22?,23-,25+,27-,28-,29+,30+,34-/m1/s1. The minimum atomic E-state index is -1.32. The number of benzene rings is 1. The van der Waals surface area contributed by atoms with E-state index in [1.165, 1.54) is 4.90 Å². The van der Waals surface area contributed by atoms with Gasteiger partial charge < -0.3 is 29.3 Å². The van der Waals surface area contributed by atoms with Crippen LogP contribution in [0.3, 0.4) is 0 Å². The summed E-state index contributed by atoms with van der Waals surface area (Å²) in [7, 11) is 1.71. The molecule has 1 N–H and O–H groups in total. The van der Waals surface area contributed by atoms with Gasteiger partial charge in [0.05, 0.1) is 18.1 Å². The Morgan fingerprint density at radius 2 is 1.84 bits per heavy atom. The summed E-state index contributed by atoms with van der Waals surface area (Å²) in [6.07, 6.45) is 8.57. The van der Waals surface area contributed by atoms with Gasteiger partial charge in [-0.1, -0.05) is 68.0 Å². The Kier molecular flexibility index (Phi) is 9.60. The Hall–Kier alpha value is -3.50. The molecule has 2 saturated heterocycles. The molecule has 2 fully saturated rings. The first-order valence-corrected chi connectivity index (χ1v) is 15.9. The van der Waals surface area contributed by atoms with Crippen molar-refractivity contribution in [2.75, 3.05) is 26.7 Å². The second-order valence-corrected chi connectivity index (χ2v) is 12.5. The second kappa shape index (κ2) is 13.2. The van der Waals surface area contributed by atoms with E-state index in [1.807, 2.05) is 56.3 Å². The van der Waals surface area contributed by atoms with Crippen molar-refractivity contribution in [3.05, 3.63) is 60.2 Å². The normalized spacial score (nSPS) is 34.0. The Bertz CT molecular complexity index is 1300. The highest BCUT2D eigenvalue weighted by Crippen LogP contribution is 2.56. The number of carbonyl (C=O) groups is 4. The number of likely N-dealkylation sites (N-methyl/N-ethyl adjacent to an activating group) is 1. The SMILES string of the molecule is CCCC(C)N1C/C=C\CCC(=O)N(C)[C@H](C)[C@@H](c2ccccc2)OC(=O)[C@@H]2[C@@H]3C=C[C@]4(O3)[C@H](C1=O)N(CCCO)C(=O)[C@@H]24. The highest BCUT2D eigenvalue weighted by molar-refractivity contribution is 5.99. The molecule has 10 nitrogen and oxygen atoms in total. The topological polar surface area (TPSA) is 117 Å². The molecule has 0 saturated carbocycles. The fourth-order valence-corrected chi connectivity index (χ4v) is 7.33. The molecule has 238 valence electrons. The number of allylic oxidation sites excluding steroid dienone is 1. The number of amides is 3. The molecule has 1 unspecified atom stereocenters. The first kappa shape index (κ1) is 31.9. The van der Waals surface area contributed by atoms with Gasteiger partial charge in [-0.25, -0.2) is 0 Å². The number of ether oxygens (including phenoxy) is 2. The van der Waals surface area contributed by atoms with Gasteiger partial charge in [-0.3, -0.25) is 19.2 Å². The molecule has 10 heteroatoms. The van der Waals surface area contributed by atoms with Crippen molar-refractivity contribution >= 4 is 23.7 Å². The summed E-state index contributed by atoms with van der Waals surface area (Å²) < 4.78 is 12.7. The van der Waals surface area contributed by atoms with Crippen LogP contribution in [0.25, 0.3) is 0 Å². The van der Waals surface area contributed by atoms with Gasteiger partial charge in [0.2, 0.25) is 17.7 Å². The quantitative estimate of drug-likeness (QED) is 0.374. The molecule has 1 spiro atoms. The summed E-state index contributed by atoms with van der Waals surface area (Å²) in [5.74, 6) is -3.19. The number of hydrogen-bond acceptors (Lipinski definition) is 7. The highest BCUT2D eigenvalue weighted by atomic mass is 16.6. The molecule has 5 bridgehead atoms. The summed E-state index contributed by atoms with van der Waals surface area (Å²) in [5, 5.41) is 9.66. The number of hydrogen-bond donors (Lipinski definition) is 1. The predicted octanol–water partition coefficient (Wildman–Crippen LogP) is 3.02. The van der Waals surface area contributed by atoms with Crippen LogP contribution >= 0.6 is 0 Å². The molecule has 0 aromatic heterocycles. The number of likely N-dealkylation sites (tertiary alicyclic amines) is 1. The molecule has 1 aromatic rings. The number of carbonyl (C=O) groups excluding carboxylic acids is 4. The van der Waals surface area contributed by atoms with Gasteiger partial charge in [0, 0.05) is 39.2 Å². The van der Waals surface area contributed by atoms with Gasteiger partial charge >= 0.3 is 5.97 Å². The van der Waals surface area contributed by atoms with Crippen molar-refractivity contribution < 1.29 is 33.8 Å². The van der Waals surface area contributed by atoms with E-state index >= 15 is 0 Å². The van der Waals surface area contributed by atoms with E-state index in [9.17, 15) is 24.3 Å². The number of nitrogens with zero attached hydrogens (tertiary/aromatic N) is 3. The molecular formula is C34H45N3O7. The maximum Gasteiger partial charge on any atom is 0.313 e. The summed E-state index contributed by atoms with van der Waals surface area (Å²) in [6.45, 7) is 6.24. The molecule has 44 heavy (non-hydrogen) atoms. The number of cyclic esters (lactones) is 1. The zero-order valence-electron chi connectivity index (χ0n) is 26.1. The molecule has 8 atom stereocenters. The lowest BCUT2D eigenvalue weighted by Crippen LogP contribution is -2.57. The van der Waals surface area contributed by atoms with Gasteiger partial charge in [0.15, 0.2) is 0 Å². The van der Waals surface area contributed by atoms with Crippen molar-refractivity contribution in [2.45, 2.75) is 88.8 Å². The Labute approximate surface area is 259 Å². The van der Waals surface area contributed by atoms with Crippen LogP contribution in [0.1, 0.15) is 64.5 Å². The molecule has 5 rings (SSSR count). The van der Waals surface area contributed by atoms with Crippen molar-refractivity contribution in [3.8, 4) is 0 Å². The van der Waals surface area contributed by atoms with Crippen molar-refractivity contribution in [3.63, 3.8) is 0 Å². The van der Waals surface area contributed by atoms with E-state index in [0.29, 0.717) is 19.4 Å². The van der Waals surface area contributed by atoms with Crippen LogP contribution in [0, 0.1) is 11.8 Å². The smallest absolute Gasteiger partial charge is 0.313 e. The molecule has 3 amide bonds. The van der Waals surface area contributed by atoms with E-state index < -0.39 is 47.7 Å². The average molecular weight is 608 g/mol. The minimum Gasteiger partial charge on any atom is -0.455 e. The van der Waals surface area contributed by atoms with E-state index in [4.69, 9.17) is 9.47 Å². The van der Waals surface area contributed by atoms with Crippen molar-refractivity contribution in [1.29, 1.82) is 0 Å². The molecular weight excluding hydrogens is 562 g/mol. The van der Waals surface area contributed by atoms with Gasteiger partial charge in [-0.15, -0.1) is 0 Å². The first-order valence-electron chi connectivity index (χ1n) is 15.9. The summed E-state index contributed by atoms with van der Waals surface area (Å²) in [6, 6.07) is 7.70. The monoisotopic (exact) mass is 607 g/mol. The number of aliphatic hydroxyl groups is 1. The lowest BCUT2D eigenvalue weighted by molar-refractivity contribution is -0.164. The maximum absolute atomic E-state index is 14.6. The van der Waals surface area contributed by atoms with E-state index in [1.54, 1.807) is 29.0 Å². The summed E-state index contributed by atoms with van der Waals surface area (Å²) in [4.78, 5) is 61.1. The third kappa shape index (κ3) is 5.58. The van der Waals surface area contributed by atoms with Crippen LogP contribution in [-0.2, 0) is 28.7 Å². The summed E-state index contributed by atoms with van der Waals surface area (Å²) >= 11 is 0. The lowest BCUT2D eigenvalue weighted by atomic mass is 9.74. The number of esters is 1. The van der Waals surface area contributed by atoms with Crippen LogP contribution in [-0.4, -0.2) is 100 Å². The van der Waals surface area contributed by atoms with Gasteiger partial charge in [-0.05, 0) is 38.7 Å². The molecule has 0 aliphatic carbocycles. The van der Waals surface area contributed by atoms with E-state index in [-0.39, 0.29) is 43.3 Å². The molecule has 0 radical (unpaired) electrons. The van der Waals surface area contributed by atoms with Crippen LogP contribution < -0.4 is 0 Å². The van der Waals surface area contributed by atoms with E-state index in [0.717, 1.165) is 18.4 Å². The Balaban J connectivity index is 1.59. The largest absolute Gasteiger partial charge is 0.455 e. The average Bonchev–Trinajstić information content (AvgIpc) is 3.66. The molecule has 4 aliphatic heterocycles. The van der Waals surface area contributed by atoms with E-state index in [2.05, 4.69) is 6.92 Å². The lowest BCUT2D eigenvalue weighted by Gasteiger charge is -2.38. The molecule has 4 heterocycles. The number of aliphatic hydroxyl groups excluding tert-OH is 1. The van der Waals surface area contributed by atoms with Crippen LogP contribution in [0.2, 0.25) is 0 Å². The Morgan fingerprint density at radius 1 is 1.09 bits per heavy atom. The fraction of sp³-hybridized carbons (Fsp3) is 0.588. The highest BCUT2D eigenvalue weighted by Gasteiger charge is 2.73. The second-order valence-electron chi connectivity index (χ2n) is 12.5. The zero-order chi connectivity index (χ0) is 31.6. The van der Waals surface area contributed by atoms with Crippen LogP contribution in [0.15, 0.2) is 54.6 Å². The first-order chi connectivity index (χ1) is 21.2. The zero-order valence-corrected chi connectivity index (χ0v) is 26.1. The van der Waals surface area contributed by atoms with Crippen molar-refractivity contribution in [2.24, 2.45) is 11.8 Å². The fourth-order valence-electron chi connectivity index (χ4n) is 7.33. The van der Waals surface area contributed by atoms with Gasteiger partial charge in [0.1, 0.15) is 23.7 Å². The molecule has 4 aliphatic rings. The number of rotatable bonds is 7. The van der Waals surface area contributed by atoms with Crippen LogP contribution in [0.4, 0.5) is 0 Å². The van der Waals surface area contributed by atoms with Crippen LogP contribution in [0.5, 0.6) is 0 Å². The third-order valence-electron chi connectivity index (χ3n) is 9.77. The Morgan fingerprint density at radius 3 is 2.55 bits per heavy atom. The van der Waals surface area contributed by atoms with Crippen molar-refractivity contribution in [1.82, 2.24) is 14.7 Å². The summed E-state index contributed by atoms with van der Waals surface area (Å²) in [5.41, 5.74) is -0.587. The van der Waals surface area contributed by atoms with Gasteiger partial charge in [-0.2, -0.15) is 0 Å². The molecule has 1 aromatic carbocycles. The minimum absolute atomic E-state index is 0.0883. The third-order valence-corrected chi connectivity index (χ3v) is 9.77. The maximum atomic E-state index is 14.6. The predicted molar refractivity (Wildman–Crippen MR) is 163 cm³/mol.